The van der Waals surface area contributed by atoms with Crippen molar-refractivity contribution in [3.05, 3.63) is 28.8 Å². The minimum atomic E-state index is -0.209. The third-order valence-corrected chi connectivity index (χ3v) is 3.81. The molecular formula is C15H22O2. The summed E-state index contributed by atoms with van der Waals surface area (Å²) in [7, 11) is 1.72. The van der Waals surface area contributed by atoms with E-state index in [0.29, 0.717) is 0 Å². The summed E-state index contributed by atoms with van der Waals surface area (Å²) in [6.07, 6.45) is 4.13. The molecule has 2 nitrogen and oxygen atoms in total. The first-order valence-corrected chi connectivity index (χ1v) is 6.46. The monoisotopic (exact) mass is 234 g/mol. The number of hydrogen-bond donors (Lipinski definition) is 1. The normalized spacial score (nSPS) is 24.7. The molecule has 1 fully saturated rings. The Kier molecular flexibility index (Phi) is 3.72. The lowest BCUT2D eigenvalue weighted by Crippen LogP contribution is -2.23. The number of ether oxygens (including phenoxy) is 1. The highest BCUT2D eigenvalue weighted by Crippen LogP contribution is 2.40. The summed E-state index contributed by atoms with van der Waals surface area (Å²) in [4.78, 5) is 0. The van der Waals surface area contributed by atoms with E-state index in [1.165, 1.54) is 23.1 Å². The molecule has 0 bridgehead atoms. The van der Waals surface area contributed by atoms with E-state index in [9.17, 15) is 5.11 Å². The molecule has 0 radical (unpaired) electrons. The fraction of sp³-hybridized carbons (Fsp3) is 0.600. The van der Waals surface area contributed by atoms with E-state index in [4.69, 9.17) is 4.74 Å². The van der Waals surface area contributed by atoms with Crippen molar-refractivity contribution >= 4 is 0 Å². The highest BCUT2D eigenvalue weighted by Gasteiger charge is 2.28. The molecule has 2 rings (SSSR count). The fourth-order valence-corrected chi connectivity index (χ4v) is 3.03. The van der Waals surface area contributed by atoms with Gasteiger partial charge >= 0.3 is 0 Å². The summed E-state index contributed by atoms with van der Waals surface area (Å²) in [5.41, 5.74) is 3.67. The van der Waals surface area contributed by atoms with Crippen LogP contribution in [0.3, 0.4) is 0 Å². The molecule has 0 amide bonds. The van der Waals surface area contributed by atoms with Crippen LogP contribution < -0.4 is 4.74 Å². The van der Waals surface area contributed by atoms with Gasteiger partial charge in [0.15, 0.2) is 0 Å². The molecule has 94 valence electrons. The number of rotatable bonds is 2. The molecule has 1 saturated carbocycles. The highest BCUT2D eigenvalue weighted by atomic mass is 16.5. The Morgan fingerprint density at radius 1 is 1.18 bits per heavy atom. The minimum absolute atomic E-state index is 0.209. The lowest BCUT2D eigenvalue weighted by Gasteiger charge is -2.30. The third kappa shape index (κ3) is 2.47. The van der Waals surface area contributed by atoms with E-state index >= 15 is 0 Å². The van der Waals surface area contributed by atoms with Crippen LogP contribution in [0.5, 0.6) is 5.75 Å². The Morgan fingerprint density at radius 3 is 2.53 bits per heavy atom. The second-order valence-electron chi connectivity index (χ2n) is 5.16. The summed E-state index contributed by atoms with van der Waals surface area (Å²) in [6, 6.07) is 4.25. The number of aliphatic hydroxyl groups excluding tert-OH is 1. The highest BCUT2D eigenvalue weighted by molar-refractivity contribution is 5.46. The number of hydrogen-bond acceptors (Lipinski definition) is 2. The van der Waals surface area contributed by atoms with Crippen LogP contribution in [-0.4, -0.2) is 18.3 Å². The number of aliphatic hydroxyl groups is 1. The predicted molar refractivity (Wildman–Crippen MR) is 69.7 cm³/mol. The molecule has 1 N–H and O–H groups in total. The van der Waals surface area contributed by atoms with Crippen LogP contribution >= 0.6 is 0 Å². The van der Waals surface area contributed by atoms with Gasteiger partial charge in [0, 0.05) is 11.5 Å². The van der Waals surface area contributed by atoms with Crippen LogP contribution in [0.25, 0.3) is 0 Å². The Balaban J connectivity index is 2.42. The zero-order valence-corrected chi connectivity index (χ0v) is 11.0. The standard InChI is InChI=1S/C15H22O2/c1-10-8-11(2)15(14(9-10)17-3)12-6-4-5-7-13(12)16/h8-9,12-13,16H,4-7H2,1-3H3. The van der Waals surface area contributed by atoms with Gasteiger partial charge in [0.05, 0.1) is 13.2 Å². The molecule has 2 unspecified atom stereocenters. The van der Waals surface area contributed by atoms with Gasteiger partial charge in [-0.3, -0.25) is 0 Å². The van der Waals surface area contributed by atoms with Crippen LogP contribution in [0.4, 0.5) is 0 Å². The van der Waals surface area contributed by atoms with Crippen LogP contribution in [0.15, 0.2) is 12.1 Å². The zero-order valence-electron chi connectivity index (χ0n) is 11.0. The van der Waals surface area contributed by atoms with Crippen molar-refractivity contribution in [2.45, 2.75) is 51.6 Å². The van der Waals surface area contributed by atoms with Gasteiger partial charge in [0.25, 0.3) is 0 Å². The van der Waals surface area contributed by atoms with Crippen LogP contribution in [0, 0.1) is 13.8 Å². The lowest BCUT2D eigenvalue weighted by molar-refractivity contribution is 0.105. The van der Waals surface area contributed by atoms with Gasteiger partial charge in [-0.2, -0.15) is 0 Å². The molecule has 0 heterocycles. The van der Waals surface area contributed by atoms with Gasteiger partial charge in [0.1, 0.15) is 5.75 Å². The SMILES string of the molecule is COc1cc(C)cc(C)c1C1CCCCC1O. The van der Waals surface area contributed by atoms with Gasteiger partial charge in [-0.1, -0.05) is 18.9 Å². The van der Waals surface area contributed by atoms with Crippen molar-refractivity contribution in [2.24, 2.45) is 0 Å². The molecule has 1 aliphatic carbocycles. The Labute approximate surface area is 104 Å². The van der Waals surface area contributed by atoms with Crippen molar-refractivity contribution in [1.82, 2.24) is 0 Å². The van der Waals surface area contributed by atoms with Gasteiger partial charge in [-0.05, 0) is 43.9 Å². The van der Waals surface area contributed by atoms with Gasteiger partial charge in [-0.15, -0.1) is 0 Å². The maximum absolute atomic E-state index is 10.2. The van der Waals surface area contributed by atoms with E-state index in [2.05, 4.69) is 26.0 Å². The van der Waals surface area contributed by atoms with Crippen molar-refractivity contribution in [1.29, 1.82) is 0 Å². The first-order chi connectivity index (χ1) is 8.13. The molecule has 2 heteroatoms. The third-order valence-electron chi connectivity index (χ3n) is 3.81. The maximum Gasteiger partial charge on any atom is 0.122 e. The van der Waals surface area contributed by atoms with Gasteiger partial charge in [0.2, 0.25) is 0 Å². The molecule has 1 aromatic carbocycles. The van der Waals surface area contributed by atoms with E-state index in [-0.39, 0.29) is 12.0 Å². The molecule has 0 spiro atoms. The smallest absolute Gasteiger partial charge is 0.122 e. The molecule has 1 aliphatic rings. The second-order valence-corrected chi connectivity index (χ2v) is 5.16. The number of methoxy groups -OCH3 is 1. The van der Waals surface area contributed by atoms with E-state index in [1.54, 1.807) is 7.11 Å². The van der Waals surface area contributed by atoms with Crippen LogP contribution in [-0.2, 0) is 0 Å². The number of benzene rings is 1. The average molecular weight is 234 g/mol. The average Bonchev–Trinajstić information content (AvgIpc) is 2.29. The zero-order chi connectivity index (χ0) is 12.4. The van der Waals surface area contributed by atoms with Gasteiger partial charge in [-0.25, -0.2) is 0 Å². The van der Waals surface area contributed by atoms with E-state index < -0.39 is 0 Å². The summed E-state index contributed by atoms with van der Waals surface area (Å²) in [5.74, 6) is 1.19. The molecule has 0 aliphatic heterocycles. The Bertz CT molecular complexity index is 398. The summed E-state index contributed by atoms with van der Waals surface area (Å²) < 4.78 is 5.50. The summed E-state index contributed by atoms with van der Waals surface area (Å²) in [5, 5.41) is 10.2. The lowest BCUT2D eigenvalue weighted by atomic mass is 9.79. The molecular weight excluding hydrogens is 212 g/mol. The molecule has 1 aromatic rings. The van der Waals surface area contributed by atoms with Crippen LogP contribution in [0.1, 0.15) is 48.3 Å². The number of aryl methyl sites for hydroxylation is 2. The minimum Gasteiger partial charge on any atom is -0.496 e. The largest absolute Gasteiger partial charge is 0.496 e. The topological polar surface area (TPSA) is 29.5 Å². The first-order valence-electron chi connectivity index (χ1n) is 6.46. The van der Waals surface area contributed by atoms with Crippen molar-refractivity contribution in [3.63, 3.8) is 0 Å². The summed E-state index contributed by atoms with van der Waals surface area (Å²) >= 11 is 0. The van der Waals surface area contributed by atoms with Crippen molar-refractivity contribution < 1.29 is 9.84 Å². The van der Waals surface area contributed by atoms with E-state index in [0.717, 1.165) is 25.0 Å². The molecule has 17 heavy (non-hydrogen) atoms. The maximum atomic E-state index is 10.2. The van der Waals surface area contributed by atoms with Crippen LogP contribution in [0.2, 0.25) is 0 Å². The first kappa shape index (κ1) is 12.4. The molecule has 2 atom stereocenters. The molecule has 0 saturated heterocycles. The Hall–Kier alpha value is -1.02. The van der Waals surface area contributed by atoms with Crippen molar-refractivity contribution in [2.75, 3.05) is 7.11 Å². The quantitative estimate of drug-likeness (QED) is 0.850. The fourth-order valence-electron chi connectivity index (χ4n) is 3.03. The predicted octanol–water partition coefficient (Wildman–Crippen LogP) is 3.33. The van der Waals surface area contributed by atoms with Crippen molar-refractivity contribution in [3.8, 4) is 5.75 Å². The summed E-state index contributed by atoms with van der Waals surface area (Å²) in [6.45, 7) is 4.20. The van der Waals surface area contributed by atoms with E-state index in [1.807, 2.05) is 0 Å². The molecule has 0 aromatic heterocycles. The Morgan fingerprint density at radius 2 is 1.88 bits per heavy atom. The second kappa shape index (κ2) is 5.09. The van der Waals surface area contributed by atoms with Gasteiger partial charge < -0.3 is 9.84 Å².